The Morgan fingerprint density at radius 1 is 1.07 bits per heavy atom. The van der Waals surface area contributed by atoms with Crippen LogP contribution in [0.3, 0.4) is 0 Å². The van der Waals surface area contributed by atoms with Crippen molar-refractivity contribution in [3.05, 3.63) is 23.8 Å². The maximum atomic E-state index is 11.3. The molecule has 1 aromatic rings. The summed E-state index contributed by atoms with van der Waals surface area (Å²) in [6.07, 6.45) is 0. The van der Waals surface area contributed by atoms with Gasteiger partial charge in [-0.15, -0.1) is 0 Å². The molecule has 0 saturated carbocycles. The monoisotopic (exact) mass is 191 g/mol. The van der Waals surface area contributed by atoms with Crippen LogP contribution in [0, 0.1) is 0 Å². The van der Waals surface area contributed by atoms with Crippen LogP contribution >= 0.6 is 0 Å². The van der Waals surface area contributed by atoms with E-state index in [1.165, 1.54) is 18.2 Å². The number of Topliss-reactive ketones (excluding diaryl/α,β-unsaturated/α-hetero) is 2. The number of phenolic OH excluding ortho intramolecular Hbond substituents is 1. The summed E-state index contributed by atoms with van der Waals surface area (Å²) in [5.74, 6) is -3.39. The molecule has 0 bridgehead atoms. The summed E-state index contributed by atoms with van der Waals surface area (Å²) in [5.41, 5.74) is 0.0247. The topological polar surface area (TPSA) is 83.5 Å². The van der Waals surface area contributed by atoms with Gasteiger partial charge in [-0.1, -0.05) is 6.07 Å². The lowest BCUT2D eigenvalue weighted by molar-refractivity contribution is -0.132. The number of hydrogen-bond donors (Lipinski definition) is 2. The highest BCUT2D eigenvalue weighted by Crippen LogP contribution is 2.28. The van der Waals surface area contributed by atoms with Gasteiger partial charge >= 0.3 is 0 Å². The van der Waals surface area contributed by atoms with Crippen LogP contribution in [-0.4, -0.2) is 22.6 Å². The van der Waals surface area contributed by atoms with Crippen molar-refractivity contribution >= 4 is 23.2 Å². The SMILES string of the molecule is O=C1Nc2cccc(O)c2C(=O)C1=O. The van der Waals surface area contributed by atoms with Crippen LogP contribution < -0.4 is 5.32 Å². The van der Waals surface area contributed by atoms with Gasteiger partial charge in [0.15, 0.2) is 0 Å². The van der Waals surface area contributed by atoms with E-state index < -0.39 is 17.5 Å². The van der Waals surface area contributed by atoms with E-state index in [4.69, 9.17) is 0 Å². The van der Waals surface area contributed by atoms with E-state index in [0.717, 1.165) is 0 Å². The molecule has 0 aliphatic carbocycles. The van der Waals surface area contributed by atoms with E-state index in [-0.39, 0.29) is 17.0 Å². The van der Waals surface area contributed by atoms with Crippen LogP contribution in [0.25, 0.3) is 0 Å². The molecule has 0 unspecified atom stereocenters. The fraction of sp³-hybridized carbons (Fsp3) is 0. The largest absolute Gasteiger partial charge is 0.507 e. The zero-order valence-electron chi connectivity index (χ0n) is 6.90. The zero-order valence-corrected chi connectivity index (χ0v) is 6.90. The summed E-state index contributed by atoms with van der Waals surface area (Å²) < 4.78 is 0. The smallest absolute Gasteiger partial charge is 0.300 e. The van der Waals surface area contributed by atoms with Crippen molar-refractivity contribution in [1.29, 1.82) is 0 Å². The van der Waals surface area contributed by atoms with Crippen LogP contribution in [0.2, 0.25) is 0 Å². The van der Waals surface area contributed by atoms with E-state index in [1.807, 2.05) is 0 Å². The second-order valence-corrected chi connectivity index (χ2v) is 2.81. The molecule has 14 heavy (non-hydrogen) atoms. The van der Waals surface area contributed by atoms with Gasteiger partial charge in [-0.2, -0.15) is 0 Å². The van der Waals surface area contributed by atoms with E-state index >= 15 is 0 Å². The minimum Gasteiger partial charge on any atom is -0.507 e. The van der Waals surface area contributed by atoms with Gasteiger partial charge in [-0.3, -0.25) is 14.4 Å². The predicted octanol–water partition coefficient (Wildman–Crippen LogP) is 0.0961. The van der Waals surface area contributed by atoms with Crippen molar-refractivity contribution < 1.29 is 19.5 Å². The molecule has 1 aromatic carbocycles. The van der Waals surface area contributed by atoms with Crippen molar-refractivity contribution in [3.63, 3.8) is 0 Å². The third kappa shape index (κ3) is 0.990. The summed E-state index contributed by atoms with van der Waals surface area (Å²) in [6, 6.07) is 4.19. The first-order valence-electron chi connectivity index (χ1n) is 3.83. The fourth-order valence-electron chi connectivity index (χ4n) is 1.28. The summed E-state index contributed by atoms with van der Waals surface area (Å²) in [5, 5.41) is 11.5. The number of hydrogen-bond acceptors (Lipinski definition) is 4. The highest BCUT2D eigenvalue weighted by atomic mass is 16.3. The molecule has 2 N–H and O–H groups in total. The Bertz CT molecular complexity index is 464. The third-order valence-electron chi connectivity index (χ3n) is 1.93. The molecule has 0 aromatic heterocycles. The van der Waals surface area contributed by atoms with Crippen LogP contribution in [0.5, 0.6) is 5.75 Å². The summed E-state index contributed by atoms with van der Waals surface area (Å²) in [4.78, 5) is 33.2. The fourth-order valence-corrected chi connectivity index (χ4v) is 1.28. The van der Waals surface area contributed by atoms with Gasteiger partial charge in [0.05, 0.1) is 11.3 Å². The molecule has 1 heterocycles. The van der Waals surface area contributed by atoms with E-state index in [9.17, 15) is 19.5 Å². The molecule has 1 amide bonds. The lowest BCUT2D eigenvalue weighted by Crippen LogP contribution is -2.35. The van der Waals surface area contributed by atoms with Gasteiger partial charge in [0.25, 0.3) is 11.7 Å². The number of aromatic hydroxyl groups is 1. The zero-order chi connectivity index (χ0) is 10.3. The van der Waals surface area contributed by atoms with E-state index in [2.05, 4.69) is 5.32 Å². The molecule has 5 nitrogen and oxygen atoms in total. The average molecular weight is 191 g/mol. The van der Waals surface area contributed by atoms with Gasteiger partial charge < -0.3 is 10.4 Å². The van der Waals surface area contributed by atoms with Crippen molar-refractivity contribution in [2.24, 2.45) is 0 Å². The predicted molar refractivity (Wildman–Crippen MR) is 46.1 cm³/mol. The second kappa shape index (κ2) is 2.66. The standard InChI is InChI=1S/C9H5NO4/c11-5-3-1-2-4-6(5)7(12)8(13)9(14)10-4/h1-3,11H,(H,10,14). The molecule has 1 aliphatic heterocycles. The molecule has 0 radical (unpaired) electrons. The van der Waals surface area contributed by atoms with Crippen molar-refractivity contribution in [2.45, 2.75) is 0 Å². The van der Waals surface area contributed by atoms with Crippen LogP contribution in [0.15, 0.2) is 18.2 Å². The number of benzene rings is 1. The molecule has 70 valence electrons. The molecular formula is C9H5NO4. The van der Waals surface area contributed by atoms with Crippen molar-refractivity contribution in [3.8, 4) is 5.75 Å². The van der Waals surface area contributed by atoms with Gasteiger partial charge in [-0.05, 0) is 12.1 Å². The normalized spacial score (nSPS) is 15.0. The Labute approximate surface area is 78.3 Å². The van der Waals surface area contributed by atoms with Crippen molar-refractivity contribution in [1.82, 2.24) is 0 Å². The average Bonchev–Trinajstić information content (AvgIpc) is 2.14. The van der Waals surface area contributed by atoms with Crippen LogP contribution in [0.4, 0.5) is 5.69 Å². The van der Waals surface area contributed by atoms with Gasteiger partial charge in [0.2, 0.25) is 5.78 Å². The Balaban J connectivity index is 2.68. The highest BCUT2D eigenvalue weighted by molar-refractivity contribution is 6.71. The highest BCUT2D eigenvalue weighted by Gasteiger charge is 2.33. The lowest BCUT2D eigenvalue weighted by Gasteiger charge is -2.14. The molecule has 0 atom stereocenters. The number of phenols is 1. The third-order valence-corrected chi connectivity index (χ3v) is 1.93. The maximum absolute atomic E-state index is 11.3. The van der Waals surface area contributed by atoms with Crippen molar-refractivity contribution in [2.75, 3.05) is 5.32 Å². The Morgan fingerprint density at radius 2 is 1.79 bits per heavy atom. The number of carbonyl (C=O) groups excluding carboxylic acids is 3. The maximum Gasteiger partial charge on any atom is 0.300 e. The Hall–Kier alpha value is -2.17. The Kier molecular flexibility index (Phi) is 1.60. The quantitative estimate of drug-likeness (QED) is 0.569. The number of amides is 1. The molecule has 0 spiro atoms. The molecule has 5 heteroatoms. The minimum absolute atomic E-state index is 0.142. The minimum atomic E-state index is -1.15. The number of nitrogens with one attached hydrogen (secondary N) is 1. The summed E-state index contributed by atoms with van der Waals surface area (Å²) in [6.45, 7) is 0. The number of carbonyl (C=O) groups is 3. The molecule has 0 saturated heterocycles. The van der Waals surface area contributed by atoms with Gasteiger partial charge in [0.1, 0.15) is 5.75 Å². The number of rotatable bonds is 0. The molecular weight excluding hydrogens is 186 g/mol. The second-order valence-electron chi connectivity index (χ2n) is 2.81. The van der Waals surface area contributed by atoms with Crippen LogP contribution in [0.1, 0.15) is 10.4 Å². The van der Waals surface area contributed by atoms with Gasteiger partial charge in [0, 0.05) is 0 Å². The summed E-state index contributed by atoms with van der Waals surface area (Å²) in [7, 11) is 0. The van der Waals surface area contributed by atoms with E-state index in [1.54, 1.807) is 0 Å². The first-order valence-corrected chi connectivity index (χ1v) is 3.83. The first-order chi connectivity index (χ1) is 6.61. The van der Waals surface area contributed by atoms with Crippen LogP contribution in [-0.2, 0) is 9.59 Å². The number of fused-ring (bicyclic) bond motifs is 1. The molecule has 1 aliphatic rings. The molecule has 2 rings (SSSR count). The Morgan fingerprint density at radius 3 is 2.50 bits per heavy atom. The molecule has 0 fully saturated rings. The number of ketones is 2. The first kappa shape index (κ1) is 8.43. The van der Waals surface area contributed by atoms with E-state index in [0.29, 0.717) is 0 Å². The van der Waals surface area contributed by atoms with Gasteiger partial charge in [-0.25, -0.2) is 0 Å². The lowest BCUT2D eigenvalue weighted by atomic mass is 10.00. The number of anilines is 1. The summed E-state index contributed by atoms with van der Waals surface area (Å²) >= 11 is 0.